The molecule has 1 aliphatic heterocycles. The SMILES string of the molecule is Cc1ccc(-c2cnc(CCC(=O)NCCCN3CCCCCC3)o2)cc1. The Morgan fingerprint density at radius 3 is 2.63 bits per heavy atom. The van der Waals surface area contributed by atoms with Crippen molar-refractivity contribution in [2.75, 3.05) is 26.2 Å². The molecule has 1 amide bonds. The first-order chi connectivity index (χ1) is 13.2. The van der Waals surface area contributed by atoms with Crippen LogP contribution in [-0.4, -0.2) is 42.0 Å². The number of oxazole rings is 1. The first-order valence-electron chi connectivity index (χ1n) is 10.2. The Morgan fingerprint density at radius 2 is 1.89 bits per heavy atom. The van der Waals surface area contributed by atoms with Gasteiger partial charge in [0.15, 0.2) is 11.7 Å². The number of rotatable bonds is 8. The van der Waals surface area contributed by atoms with Crippen LogP contribution in [0, 0.1) is 6.92 Å². The zero-order chi connectivity index (χ0) is 18.9. The van der Waals surface area contributed by atoms with Crippen LogP contribution in [0.1, 0.15) is 50.0 Å². The van der Waals surface area contributed by atoms with E-state index in [2.05, 4.69) is 34.3 Å². The van der Waals surface area contributed by atoms with Gasteiger partial charge in [0, 0.05) is 24.9 Å². The number of amides is 1. The molecule has 1 aromatic heterocycles. The molecule has 146 valence electrons. The minimum atomic E-state index is 0.0703. The van der Waals surface area contributed by atoms with Crippen LogP contribution in [0.5, 0.6) is 0 Å². The van der Waals surface area contributed by atoms with Crippen molar-refractivity contribution in [3.8, 4) is 11.3 Å². The van der Waals surface area contributed by atoms with Crippen LogP contribution in [0.15, 0.2) is 34.9 Å². The average Bonchev–Trinajstić information content (AvgIpc) is 3.00. The van der Waals surface area contributed by atoms with Gasteiger partial charge in [0.05, 0.1) is 6.20 Å². The van der Waals surface area contributed by atoms with Crippen LogP contribution < -0.4 is 5.32 Å². The zero-order valence-corrected chi connectivity index (χ0v) is 16.4. The van der Waals surface area contributed by atoms with Gasteiger partial charge in [0.1, 0.15) is 0 Å². The van der Waals surface area contributed by atoms with Gasteiger partial charge in [0.2, 0.25) is 5.91 Å². The Hall–Kier alpha value is -2.14. The van der Waals surface area contributed by atoms with Crippen molar-refractivity contribution >= 4 is 5.91 Å². The molecule has 5 nitrogen and oxygen atoms in total. The molecule has 5 heteroatoms. The highest BCUT2D eigenvalue weighted by Crippen LogP contribution is 2.21. The Kier molecular flexibility index (Phi) is 7.45. The number of likely N-dealkylation sites (tertiary alicyclic amines) is 1. The molecular weight excluding hydrogens is 338 g/mol. The van der Waals surface area contributed by atoms with E-state index in [1.807, 2.05) is 12.1 Å². The van der Waals surface area contributed by atoms with Crippen LogP contribution in [-0.2, 0) is 11.2 Å². The summed E-state index contributed by atoms with van der Waals surface area (Å²) in [5, 5.41) is 3.02. The van der Waals surface area contributed by atoms with E-state index < -0.39 is 0 Å². The minimum Gasteiger partial charge on any atom is -0.441 e. The molecule has 27 heavy (non-hydrogen) atoms. The fourth-order valence-electron chi connectivity index (χ4n) is 3.48. The molecule has 2 aromatic rings. The van der Waals surface area contributed by atoms with Gasteiger partial charge >= 0.3 is 0 Å². The van der Waals surface area contributed by atoms with Crippen molar-refractivity contribution in [3.63, 3.8) is 0 Å². The second-order valence-corrected chi connectivity index (χ2v) is 7.44. The monoisotopic (exact) mass is 369 g/mol. The fraction of sp³-hybridized carbons (Fsp3) is 0.545. The van der Waals surface area contributed by atoms with E-state index in [4.69, 9.17) is 4.42 Å². The molecule has 0 bridgehead atoms. The third-order valence-corrected chi connectivity index (χ3v) is 5.13. The Balaban J connectivity index is 1.34. The first kappa shape index (κ1) is 19.6. The summed E-state index contributed by atoms with van der Waals surface area (Å²) in [5.41, 5.74) is 2.23. The summed E-state index contributed by atoms with van der Waals surface area (Å²) in [6.45, 7) is 6.31. The molecule has 0 aliphatic carbocycles. The van der Waals surface area contributed by atoms with Crippen molar-refractivity contribution in [2.24, 2.45) is 0 Å². The standard InChI is InChI=1S/C22H31N3O2/c1-18-7-9-19(10-8-18)20-17-24-22(27-20)12-11-21(26)23-13-6-16-25-14-4-2-3-5-15-25/h7-10,17H,2-6,11-16H2,1H3,(H,23,26). The summed E-state index contributed by atoms with van der Waals surface area (Å²) < 4.78 is 5.78. The van der Waals surface area contributed by atoms with E-state index in [0.717, 1.165) is 30.8 Å². The molecule has 1 aliphatic rings. The van der Waals surface area contributed by atoms with E-state index in [1.165, 1.54) is 44.3 Å². The summed E-state index contributed by atoms with van der Waals surface area (Å²) in [6, 6.07) is 8.15. The molecule has 1 saturated heterocycles. The highest BCUT2D eigenvalue weighted by molar-refractivity contribution is 5.76. The molecule has 1 aromatic carbocycles. The van der Waals surface area contributed by atoms with Gasteiger partial charge in [-0.05, 0) is 45.8 Å². The predicted octanol–water partition coefficient (Wildman–Crippen LogP) is 3.96. The summed E-state index contributed by atoms with van der Waals surface area (Å²) in [6.07, 6.45) is 9.04. The number of hydrogen-bond donors (Lipinski definition) is 1. The highest BCUT2D eigenvalue weighted by atomic mass is 16.4. The van der Waals surface area contributed by atoms with E-state index in [-0.39, 0.29) is 5.91 Å². The number of aryl methyl sites for hydroxylation is 2. The van der Waals surface area contributed by atoms with E-state index in [1.54, 1.807) is 6.20 Å². The third-order valence-electron chi connectivity index (χ3n) is 5.13. The van der Waals surface area contributed by atoms with E-state index >= 15 is 0 Å². The topological polar surface area (TPSA) is 58.4 Å². The van der Waals surface area contributed by atoms with E-state index in [9.17, 15) is 4.79 Å². The van der Waals surface area contributed by atoms with Gasteiger partial charge in [-0.3, -0.25) is 4.79 Å². The first-order valence-corrected chi connectivity index (χ1v) is 10.2. The number of carbonyl (C=O) groups excluding carboxylic acids is 1. The molecule has 0 atom stereocenters. The summed E-state index contributed by atoms with van der Waals surface area (Å²) in [5.74, 6) is 1.44. The van der Waals surface area contributed by atoms with Gasteiger partial charge in [-0.25, -0.2) is 4.98 Å². The lowest BCUT2D eigenvalue weighted by Crippen LogP contribution is -2.30. The van der Waals surface area contributed by atoms with Gasteiger partial charge in [-0.1, -0.05) is 42.7 Å². The summed E-state index contributed by atoms with van der Waals surface area (Å²) in [4.78, 5) is 18.9. The van der Waals surface area contributed by atoms with Crippen molar-refractivity contribution < 1.29 is 9.21 Å². The fourth-order valence-corrected chi connectivity index (χ4v) is 3.48. The highest BCUT2D eigenvalue weighted by Gasteiger charge is 2.10. The molecular formula is C22H31N3O2. The molecule has 3 rings (SSSR count). The van der Waals surface area contributed by atoms with Crippen molar-refractivity contribution in [1.29, 1.82) is 0 Å². The van der Waals surface area contributed by atoms with Crippen molar-refractivity contribution in [2.45, 2.75) is 51.9 Å². The second kappa shape index (κ2) is 10.3. The lowest BCUT2D eigenvalue weighted by atomic mass is 10.1. The molecule has 0 radical (unpaired) electrons. The van der Waals surface area contributed by atoms with Gasteiger partial charge < -0.3 is 14.6 Å². The number of carbonyl (C=O) groups is 1. The number of nitrogens with one attached hydrogen (secondary N) is 1. The maximum absolute atomic E-state index is 12.0. The predicted molar refractivity (Wildman–Crippen MR) is 108 cm³/mol. The smallest absolute Gasteiger partial charge is 0.220 e. The molecule has 0 spiro atoms. The second-order valence-electron chi connectivity index (χ2n) is 7.44. The van der Waals surface area contributed by atoms with Crippen LogP contribution in [0.3, 0.4) is 0 Å². The molecule has 1 N–H and O–H groups in total. The minimum absolute atomic E-state index is 0.0703. The Labute approximate surface area is 162 Å². The third kappa shape index (κ3) is 6.51. The van der Waals surface area contributed by atoms with Crippen LogP contribution in [0.2, 0.25) is 0 Å². The number of nitrogens with zero attached hydrogens (tertiary/aromatic N) is 2. The number of aromatic nitrogens is 1. The van der Waals surface area contributed by atoms with Crippen LogP contribution >= 0.6 is 0 Å². The number of hydrogen-bond acceptors (Lipinski definition) is 4. The molecule has 0 saturated carbocycles. The van der Waals surface area contributed by atoms with Crippen molar-refractivity contribution in [1.82, 2.24) is 15.2 Å². The normalized spacial score (nSPS) is 15.4. The van der Waals surface area contributed by atoms with Crippen LogP contribution in [0.4, 0.5) is 0 Å². The Morgan fingerprint density at radius 1 is 1.15 bits per heavy atom. The van der Waals surface area contributed by atoms with Crippen molar-refractivity contribution in [3.05, 3.63) is 41.9 Å². The zero-order valence-electron chi connectivity index (χ0n) is 16.4. The lowest BCUT2D eigenvalue weighted by molar-refractivity contribution is -0.121. The number of benzene rings is 1. The van der Waals surface area contributed by atoms with Gasteiger partial charge in [0.25, 0.3) is 0 Å². The van der Waals surface area contributed by atoms with Gasteiger partial charge in [-0.15, -0.1) is 0 Å². The quantitative estimate of drug-likeness (QED) is 0.716. The van der Waals surface area contributed by atoms with E-state index in [0.29, 0.717) is 18.7 Å². The largest absolute Gasteiger partial charge is 0.441 e. The molecule has 0 unspecified atom stereocenters. The average molecular weight is 370 g/mol. The van der Waals surface area contributed by atoms with Crippen LogP contribution in [0.25, 0.3) is 11.3 Å². The Bertz CT molecular complexity index is 701. The van der Waals surface area contributed by atoms with Gasteiger partial charge in [-0.2, -0.15) is 0 Å². The lowest BCUT2D eigenvalue weighted by Gasteiger charge is -2.19. The maximum atomic E-state index is 12.0. The summed E-state index contributed by atoms with van der Waals surface area (Å²) in [7, 11) is 0. The molecule has 1 fully saturated rings. The molecule has 2 heterocycles. The maximum Gasteiger partial charge on any atom is 0.220 e. The summed E-state index contributed by atoms with van der Waals surface area (Å²) >= 11 is 0.